The monoisotopic (exact) mass is 249 g/mol. The van der Waals surface area contributed by atoms with Crippen LogP contribution in [0.3, 0.4) is 0 Å². The summed E-state index contributed by atoms with van der Waals surface area (Å²) in [7, 11) is 0. The summed E-state index contributed by atoms with van der Waals surface area (Å²) in [5, 5.41) is 4.37. The van der Waals surface area contributed by atoms with Crippen LogP contribution in [0.25, 0.3) is 0 Å². The van der Waals surface area contributed by atoms with Gasteiger partial charge in [-0.05, 0) is 43.9 Å². The highest BCUT2D eigenvalue weighted by Crippen LogP contribution is 2.38. The van der Waals surface area contributed by atoms with Crippen molar-refractivity contribution >= 4 is 11.8 Å². The molecule has 0 fully saturated rings. The van der Waals surface area contributed by atoms with E-state index in [1.807, 2.05) is 0 Å². The molecule has 0 saturated carbocycles. The Morgan fingerprint density at radius 3 is 2.88 bits per heavy atom. The van der Waals surface area contributed by atoms with Crippen LogP contribution in [0, 0.1) is 0 Å². The lowest BCUT2D eigenvalue weighted by molar-refractivity contribution is 0.463. The summed E-state index contributed by atoms with van der Waals surface area (Å²) in [5.74, 6) is 0. The zero-order valence-electron chi connectivity index (χ0n) is 10.9. The standard InChI is InChI=1S/C15H23NS/c1-3-13(16-4-2)9-10-14-11-12-7-5-6-8-15(12)17-14/h5-8,13-14,16H,3-4,9-11H2,1-2H3. The van der Waals surface area contributed by atoms with E-state index in [9.17, 15) is 0 Å². The van der Waals surface area contributed by atoms with Gasteiger partial charge < -0.3 is 5.32 Å². The topological polar surface area (TPSA) is 12.0 Å². The molecule has 2 rings (SSSR count). The van der Waals surface area contributed by atoms with Gasteiger partial charge in [-0.2, -0.15) is 0 Å². The molecule has 1 N–H and O–H groups in total. The van der Waals surface area contributed by atoms with Crippen LogP contribution in [0.1, 0.15) is 38.7 Å². The Morgan fingerprint density at radius 2 is 2.18 bits per heavy atom. The SMILES string of the molecule is CCNC(CC)CCC1Cc2ccccc2S1. The molecule has 0 radical (unpaired) electrons. The Balaban J connectivity index is 1.79. The fraction of sp³-hybridized carbons (Fsp3) is 0.600. The first-order chi connectivity index (χ1) is 8.33. The minimum atomic E-state index is 0.712. The van der Waals surface area contributed by atoms with Gasteiger partial charge in [0.15, 0.2) is 0 Å². The number of fused-ring (bicyclic) bond motifs is 1. The highest BCUT2D eigenvalue weighted by atomic mass is 32.2. The molecular weight excluding hydrogens is 226 g/mol. The van der Waals surface area contributed by atoms with Crippen molar-refractivity contribution in [3.05, 3.63) is 29.8 Å². The summed E-state index contributed by atoms with van der Waals surface area (Å²) in [6.07, 6.45) is 5.17. The fourth-order valence-electron chi connectivity index (χ4n) is 2.54. The second kappa shape index (κ2) is 6.46. The summed E-state index contributed by atoms with van der Waals surface area (Å²) in [6, 6.07) is 9.58. The smallest absolute Gasteiger partial charge is 0.0136 e. The molecular formula is C15H23NS. The maximum Gasteiger partial charge on any atom is 0.0136 e. The van der Waals surface area contributed by atoms with E-state index in [4.69, 9.17) is 0 Å². The van der Waals surface area contributed by atoms with E-state index >= 15 is 0 Å². The molecule has 94 valence electrons. The minimum absolute atomic E-state index is 0.712. The maximum absolute atomic E-state index is 3.57. The van der Waals surface area contributed by atoms with E-state index in [-0.39, 0.29) is 0 Å². The molecule has 1 aromatic carbocycles. The second-order valence-corrected chi connectivity index (χ2v) is 6.13. The molecule has 1 aliphatic rings. The predicted molar refractivity (Wildman–Crippen MR) is 76.8 cm³/mol. The van der Waals surface area contributed by atoms with Crippen LogP contribution in [0.2, 0.25) is 0 Å². The van der Waals surface area contributed by atoms with E-state index in [0.29, 0.717) is 6.04 Å². The Labute approximate surface area is 109 Å². The molecule has 2 heteroatoms. The number of hydrogen-bond acceptors (Lipinski definition) is 2. The molecule has 0 bridgehead atoms. The van der Waals surface area contributed by atoms with Crippen molar-refractivity contribution in [3.8, 4) is 0 Å². The molecule has 0 aliphatic carbocycles. The normalized spacial score (nSPS) is 20.2. The average Bonchev–Trinajstić information content (AvgIpc) is 2.77. The summed E-state index contributed by atoms with van der Waals surface area (Å²) >= 11 is 2.08. The maximum atomic E-state index is 3.57. The third kappa shape index (κ3) is 3.49. The van der Waals surface area contributed by atoms with Gasteiger partial charge in [0, 0.05) is 16.2 Å². The van der Waals surface area contributed by atoms with Crippen molar-refractivity contribution in [2.45, 2.75) is 55.7 Å². The molecule has 17 heavy (non-hydrogen) atoms. The largest absolute Gasteiger partial charge is 0.314 e. The summed E-state index contributed by atoms with van der Waals surface area (Å²) in [5.41, 5.74) is 1.55. The number of thioether (sulfide) groups is 1. The third-order valence-corrected chi connectivity index (χ3v) is 4.92. The van der Waals surface area contributed by atoms with Crippen LogP contribution in [0.4, 0.5) is 0 Å². The lowest BCUT2D eigenvalue weighted by Gasteiger charge is -2.17. The summed E-state index contributed by atoms with van der Waals surface area (Å²) < 4.78 is 0. The van der Waals surface area contributed by atoms with Crippen LogP contribution < -0.4 is 5.32 Å². The first-order valence-corrected chi connectivity index (χ1v) is 7.69. The highest BCUT2D eigenvalue weighted by molar-refractivity contribution is 8.00. The van der Waals surface area contributed by atoms with Crippen LogP contribution in [-0.2, 0) is 6.42 Å². The molecule has 2 atom stereocenters. The minimum Gasteiger partial charge on any atom is -0.314 e. The lowest BCUT2D eigenvalue weighted by Crippen LogP contribution is -2.28. The molecule has 1 aromatic rings. The van der Waals surface area contributed by atoms with E-state index < -0.39 is 0 Å². The van der Waals surface area contributed by atoms with E-state index in [1.165, 1.54) is 30.6 Å². The zero-order chi connectivity index (χ0) is 12.1. The number of nitrogens with one attached hydrogen (secondary N) is 1. The van der Waals surface area contributed by atoms with Crippen molar-refractivity contribution < 1.29 is 0 Å². The Kier molecular flexibility index (Phi) is 4.93. The predicted octanol–water partition coefficient (Wildman–Crippen LogP) is 3.87. The van der Waals surface area contributed by atoms with Crippen molar-refractivity contribution in [1.29, 1.82) is 0 Å². The number of hydrogen-bond donors (Lipinski definition) is 1. The van der Waals surface area contributed by atoms with E-state index in [2.05, 4.69) is 55.2 Å². The lowest BCUT2D eigenvalue weighted by atomic mass is 10.0. The molecule has 1 heterocycles. The zero-order valence-corrected chi connectivity index (χ0v) is 11.7. The van der Waals surface area contributed by atoms with Gasteiger partial charge in [0.2, 0.25) is 0 Å². The van der Waals surface area contributed by atoms with Gasteiger partial charge in [-0.1, -0.05) is 32.0 Å². The molecule has 0 spiro atoms. The summed E-state index contributed by atoms with van der Waals surface area (Å²) in [6.45, 7) is 5.57. The Hall–Kier alpha value is -0.470. The van der Waals surface area contributed by atoms with E-state index in [0.717, 1.165) is 11.8 Å². The molecule has 0 saturated heterocycles. The third-order valence-electron chi connectivity index (χ3n) is 3.54. The molecule has 0 amide bonds. The van der Waals surface area contributed by atoms with Crippen molar-refractivity contribution in [1.82, 2.24) is 5.32 Å². The highest BCUT2D eigenvalue weighted by Gasteiger charge is 2.22. The van der Waals surface area contributed by atoms with E-state index in [1.54, 1.807) is 5.56 Å². The van der Waals surface area contributed by atoms with Crippen LogP contribution in [0.15, 0.2) is 29.2 Å². The van der Waals surface area contributed by atoms with Crippen molar-refractivity contribution in [2.24, 2.45) is 0 Å². The molecule has 0 aromatic heterocycles. The van der Waals surface area contributed by atoms with Gasteiger partial charge in [-0.25, -0.2) is 0 Å². The van der Waals surface area contributed by atoms with Gasteiger partial charge in [0.25, 0.3) is 0 Å². The van der Waals surface area contributed by atoms with Gasteiger partial charge in [-0.15, -0.1) is 11.8 Å². The molecule has 2 unspecified atom stereocenters. The average molecular weight is 249 g/mol. The van der Waals surface area contributed by atoms with Crippen LogP contribution >= 0.6 is 11.8 Å². The van der Waals surface area contributed by atoms with Gasteiger partial charge >= 0.3 is 0 Å². The second-order valence-electron chi connectivity index (χ2n) is 4.79. The summed E-state index contributed by atoms with van der Waals surface area (Å²) in [4.78, 5) is 1.51. The quantitative estimate of drug-likeness (QED) is 0.821. The number of rotatable bonds is 6. The van der Waals surface area contributed by atoms with Gasteiger partial charge in [0.1, 0.15) is 0 Å². The molecule has 1 nitrogen and oxygen atoms in total. The van der Waals surface area contributed by atoms with Crippen LogP contribution in [0.5, 0.6) is 0 Å². The fourth-order valence-corrected chi connectivity index (χ4v) is 3.88. The first-order valence-electron chi connectivity index (χ1n) is 6.81. The Bertz CT molecular complexity index is 326. The van der Waals surface area contributed by atoms with Crippen molar-refractivity contribution in [2.75, 3.05) is 6.54 Å². The van der Waals surface area contributed by atoms with Crippen LogP contribution in [-0.4, -0.2) is 17.8 Å². The first kappa shape index (κ1) is 13.0. The van der Waals surface area contributed by atoms with Gasteiger partial charge in [-0.3, -0.25) is 0 Å². The van der Waals surface area contributed by atoms with Crippen molar-refractivity contribution in [3.63, 3.8) is 0 Å². The number of benzene rings is 1. The van der Waals surface area contributed by atoms with Gasteiger partial charge in [0.05, 0.1) is 0 Å². The molecule has 1 aliphatic heterocycles. The Morgan fingerprint density at radius 1 is 1.35 bits per heavy atom.